The number of hydrogen-bond acceptors (Lipinski definition) is 6. The number of thiophene rings is 1. The van der Waals surface area contributed by atoms with Crippen molar-refractivity contribution in [3.05, 3.63) is 57.7 Å². The summed E-state index contributed by atoms with van der Waals surface area (Å²) in [4.78, 5) is 29.7. The standard InChI is InChI=1S/C21H25N3O3S2/c1-15(8-9-16-6-4-3-5-7-16)22-18(25)14-29-21-23-17-10-13-28-19(17)20(26)24(21)11-12-27-2/h3-7,10,13,15H,8-9,11-12,14H2,1-2H3,(H,22,25)/t15-/m1/s1. The first kappa shape index (κ1) is 21.5. The van der Waals surface area contributed by atoms with Gasteiger partial charge in [0.15, 0.2) is 5.16 Å². The maximum atomic E-state index is 12.7. The third-order valence-corrected chi connectivity index (χ3v) is 6.37. The molecule has 1 atom stereocenters. The molecular weight excluding hydrogens is 406 g/mol. The number of hydrogen-bond donors (Lipinski definition) is 1. The maximum Gasteiger partial charge on any atom is 0.272 e. The number of benzene rings is 1. The fourth-order valence-corrected chi connectivity index (χ4v) is 4.57. The minimum atomic E-state index is -0.0822. The van der Waals surface area contributed by atoms with Crippen LogP contribution < -0.4 is 10.9 Å². The lowest BCUT2D eigenvalue weighted by molar-refractivity contribution is -0.119. The molecule has 1 N–H and O–H groups in total. The van der Waals surface area contributed by atoms with E-state index in [4.69, 9.17) is 4.74 Å². The molecule has 6 nitrogen and oxygen atoms in total. The summed E-state index contributed by atoms with van der Waals surface area (Å²) in [6.45, 7) is 2.83. The third kappa shape index (κ3) is 5.91. The smallest absolute Gasteiger partial charge is 0.272 e. The Morgan fingerprint density at radius 1 is 1.31 bits per heavy atom. The van der Waals surface area contributed by atoms with E-state index in [1.807, 2.05) is 36.6 Å². The van der Waals surface area contributed by atoms with Crippen molar-refractivity contribution in [2.45, 2.75) is 37.5 Å². The van der Waals surface area contributed by atoms with Crippen molar-refractivity contribution in [3.63, 3.8) is 0 Å². The van der Waals surface area contributed by atoms with Gasteiger partial charge in [0.2, 0.25) is 5.91 Å². The van der Waals surface area contributed by atoms with Gasteiger partial charge in [-0.25, -0.2) is 4.98 Å². The van der Waals surface area contributed by atoms with Crippen LogP contribution >= 0.6 is 23.1 Å². The number of fused-ring (bicyclic) bond motifs is 1. The average molecular weight is 432 g/mol. The summed E-state index contributed by atoms with van der Waals surface area (Å²) in [7, 11) is 1.60. The van der Waals surface area contributed by atoms with Gasteiger partial charge >= 0.3 is 0 Å². The van der Waals surface area contributed by atoms with Crippen LogP contribution in [0.4, 0.5) is 0 Å². The van der Waals surface area contributed by atoms with E-state index < -0.39 is 0 Å². The minimum absolute atomic E-state index is 0.0616. The highest BCUT2D eigenvalue weighted by Gasteiger charge is 2.15. The highest BCUT2D eigenvalue weighted by atomic mass is 32.2. The van der Waals surface area contributed by atoms with Crippen molar-refractivity contribution in [1.82, 2.24) is 14.9 Å². The second kappa shape index (κ2) is 10.6. The normalized spacial score (nSPS) is 12.2. The molecule has 0 aliphatic carbocycles. The second-order valence-corrected chi connectivity index (χ2v) is 8.62. The number of thioether (sulfide) groups is 1. The quantitative estimate of drug-likeness (QED) is 0.394. The summed E-state index contributed by atoms with van der Waals surface area (Å²) in [6.07, 6.45) is 1.79. The largest absolute Gasteiger partial charge is 0.383 e. The molecule has 0 fully saturated rings. The Kier molecular flexibility index (Phi) is 7.85. The van der Waals surface area contributed by atoms with Gasteiger partial charge in [-0.3, -0.25) is 14.2 Å². The van der Waals surface area contributed by atoms with Gasteiger partial charge in [0.25, 0.3) is 5.56 Å². The van der Waals surface area contributed by atoms with E-state index in [-0.39, 0.29) is 23.3 Å². The Morgan fingerprint density at radius 3 is 2.86 bits per heavy atom. The average Bonchev–Trinajstić information content (AvgIpc) is 3.20. The molecule has 3 rings (SSSR count). The molecule has 0 aliphatic heterocycles. The zero-order chi connectivity index (χ0) is 20.6. The highest BCUT2D eigenvalue weighted by Crippen LogP contribution is 2.21. The van der Waals surface area contributed by atoms with Crippen LogP contribution in [0.3, 0.4) is 0 Å². The van der Waals surface area contributed by atoms with Gasteiger partial charge in [0, 0.05) is 13.2 Å². The van der Waals surface area contributed by atoms with Crippen LogP contribution in [-0.4, -0.2) is 41.0 Å². The zero-order valence-corrected chi connectivity index (χ0v) is 18.2. The molecule has 0 unspecified atom stereocenters. The van der Waals surface area contributed by atoms with E-state index >= 15 is 0 Å². The third-order valence-electron chi connectivity index (χ3n) is 4.50. The van der Waals surface area contributed by atoms with Crippen LogP contribution in [0.25, 0.3) is 10.2 Å². The first-order valence-corrected chi connectivity index (χ1v) is 11.4. The first-order valence-electron chi connectivity index (χ1n) is 9.51. The van der Waals surface area contributed by atoms with Gasteiger partial charge in [0.1, 0.15) is 4.70 Å². The number of carbonyl (C=O) groups is 1. The number of aryl methyl sites for hydroxylation is 1. The summed E-state index contributed by atoms with van der Waals surface area (Å²) in [5, 5.41) is 5.44. The van der Waals surface area contributed by atoms with Gasteiger partial charge in [-0.1, -0.05) is 42.1 Å². The molecule has 0 aliphatic rings. The number of nitrogens with one attached hydrogen (secondary N) is 1. The molecule has 1 amide bonds. The molecule has 0 spiro atoms. The maximum absolute atomic E-state index is 12.7. The molecule has 2 aromatic heterocycles. The van der Waals surface area contributed by atoms with Crippen LogP contribution in [0.5, 0.6) is 0 Å². The predicted molar refractivity (Wildman–Crippen MR) is 119 cm³/mol. The summed E-state index contributed by atoms with van der Waals surface area (Å²) in [5.74, 6) is 0.151. The molecule has 29 heavy (non-hydrogen) atoms. The number of carbonyl (C=O) groups excluding carboxylic acids is 1. The Hall–Kier alpha value is -2.16. The number of methoxy groups -OCH3 is 1. The Bertz CT molecular complexity index is 1000. The topological polar surface area (TPSA) is 73.2 Å². The lowest BCUT2D eigenvalue weighted by atomic mass is 10.1. The molecule has 1 aromatic carbocycles. The summed E-state index contributed by atoms with van der Waals surface area (Å²) in [6, 6.07) is 12.1. The lowest BCUT2D eigenvalue weighted by Crippen LogP contribution is -2.34. The van der Waals surface area contributed by atoms with Gasteiger partial charge in [-0.2, -0.15) is 0 Å². The second-order valence-electron chi connectivity index (χ2n) is 6.76. The summed E-state index contributed by atoms with van der Waals surface area (Å²) in [5.41, 5.74) is 1.85. The molecule has 0 radical (unpaired) electrons. The fraction of sp³-hybridized carbons (Fsp3) is 0.381. The van der Waals surface area contributed by atoms with Crippen molar-refractivity contribution >= 4 is 39.2 Å². The van der Waals surface area contributed by atoms with E-state index in [0.717, 1.165) is 12.8 Å². The van der Waals surface area contributed by atoms with Gasteiger partial charge in [-0.15, -0.1) is 11.3 Å². The summed E-state index contributed by atoms with van der Waals surface area (Å²) >= 11 is 2.66. The van der Waals surface area contributed by atoms with Gasteiger partial charge in [0.05, 0.1) is 24.4 Å². The number of rotatable bonds is 10. The molecule has 0 bridgehead atoms. The molecule has 8 heteroatoms. The van der Waals surface area contributed by atoms with E-state index in [1.54, 1.807) is 11.7 Å². The van der Waals surface area contributed by atoms with Crippen molar-refractivity contribution in [1.29, 1.82) is 0 Å². The van der Waals surface area contributed by atoms with E-state index in [9.17, 15) is 9.59 Å². The molecule has 0 saturated carbocycles. The number of aromatic nitrogens is 2. The number of amides is 1. The summed E-state index contributed by atoms with van der Waals surface area (Å²) < 4.78 is 7.34. The lowest BCUT2D eigenvalue weighted by Gasteiger charge is -2.15. The van der Waals surface area contributed by atoms with Crippen LogP contribution in [0.2, 0.25) is 0 Å². The van der Waals surface area contributed by atoms with Crippen molar-refractivity contribution in [2.75, 3.05) is 19.5 Å². The van der Waals surface area contributed by atoms with Crippen molar-refractivity contribution in [2.24, 2.45) is 0 Å². The Balaban J connectivity index is 1.59. The zero-order valence-electron chi connectivity index (χ0n) is 16.6. The molecule has 3 aromatic rings. The number of ether oxygens (including phenoxy) is 1. The van der Waals surface area contributed by atoms with Gasteiger partial charge in [-0.05, 0) is 36.8 Å². The molecule has 2 heterocycles. The number of nitrogens with zero attached hydrogens (tertiary/aromatic N) is 2. The van der Waals surface area contributed by atoms with Crippen LogP contribution in [0.15, 0.2) is 51.7 Å². The first-order chi connectivity index (χ1) is 14.1. The Morgan fingerprint density at radius 2 is 2.10 bits per heavy atom. The SMILES string of the molecule is COCCn1c(SCC(=O)N[C@H](C)CCc2ccccc2)nc2ccsc2c1=O. The van der Waals surface area contributed by atoms with Gasteiger partial charge < -0.3 is 10.1 Å². The minimum Gasteiger partial charge on any atom is -0.383 e. The Labute approximate surface area is 178 Å². The molecular formula is C21H25N3O3S2. The van der Waals surface area contributed by atoms with Crippen LogP contribution in [-0.2, 0) is 22.5 Å². The van der Waals surface area contributed by atoms with Crippen molar-refractivity contribution in [3.8, 4) is 0 Å². The molecule has 154 valence electrons. The van der Waals surface area contributed by atoms with E-state index in [1.165, 1.54) is 28.7 Å². The van der Waals surface area contributed by atoms with Crippen molar-refractivity contribution < 1.29 is 9.53 Å². The predicted octanol–water partition coefficient (Wildman–Crippen LogP) is 3.33. The monoisotopic (exact) mass is 431 g/mol. The molecule has 0 saturated heterocycles. The van der Waals surface area contributed by atoms with Crippen LogP contribution in [0, 0.1) is 0 Å². The van der Waals surface area contributed by atoms with E-state index in [2.05, 4.69) is 22.4 Å². The van der Waals surface area contributed by atoms with Crippen LogP contribution in [0.1, 0.15) is 18.9 Å². The fourth-order valence-electron chi connectivity index (χ4n) is 2.96. The van der Waals surface area contributed by atoms with E-state index in [0.29, 0.717) is 28.5 Å². The highest BCUT2D eigenvalue weighted by molar-refractivity contribution is 7.99.